The summed E-state index contributed by atoms with van der Waals surface area (Å²) in [5, 5.41) is 9.53. The summed E-state index contributed by atoms with van der Waals surface area (Å²) in [4.78, 5) is 39.0. The first kappa shape index (κ1) is 15.6. The Bertz CT molecular complexity index is 675. The van der Waals surface area contributed by atoms with E-state index in [1.54, 1.807) is 30.3 Å². The van der Waals surface area contributed by atoms with Gasteiger partial charge in [0.25, 0.3) is 0 Å². The first-order chi connectivity index (χ1) is 10.5. The van der Waals surface area contributed by atoms with Crippen molar-refractivity contribution in [2.45, 2.75) is 12.8 Å². The molecule has 1 heterocycles. The van der Waals surface area contributed by atoms with Crippen molar-refractivity contribution in [3.63, 3.8) is 0 Å². The van der Waals surface area contributed by atoms with Crippen LogP contribution in [-0.4, -0.2) is 36.2 Å². The molecule has 2 atom stereocenters. The van der Waals surface area contributed by atoms with Crippen LogP contribution in [-0.2, 0) is 19.1 Å². The van der Waals surface area contributed by atoms with Gasteiger partial charge in [-0.05, 0) is 12.5 Å². The minimum absolute atomic E-state index is 0.0262. The van der Waals surface area contributed by atoms with Crippen LogP contribution in [0.1, 0.15) is 18.4 Å². The minimum Gasteiger partial charge on any atom is -0.481 e. The van der Waals surface area contributed by atoms with E-state index in [4.69, 9.17) is 4.74 Å². The highest BCUT2D eigenvalue weighted by atomic mass is 16.5. The van der Waals surface area contributed by atoms with E-state index in [1.165, 1.54) is 14.0 Å². The number of carbonyl (C=O) groups excluding carboxylic acids is 2. The molecular formula is C16H15NO5. The number of hydrogen-bond donors (Lipinski definition) is 1. The highest BCUT2D eigenvalue weighted by molar-refractivity contribution is 6.09. The second kappa shape index (κ2) is 6.34. The predicted octanol–water partition coefficient (Wildman–Crippen LogP) is 1.57. The third kappa shape index (κ3) is 2.67. The Hall–Kier alpha value is -2.76. The van der Waals surface area contributed by atoms with Crippen molar-refractivity contribution in [1.29, 1.82) is 0 Å². The molecule has 6 heteroatoms. The van der Waals surface area contributed by atoms with E-state index in [2.05, 4.69) is 4.99 Å². The van der Waals surface area contributed by atoms with E-state index in [0.717, 1.165) is 0 Å². The molecule has 1 aromatic rings. The van der Waals surface area contributed by atoms with Gasteiger partial charge in [-0.3, -0.25) is 14.6 Å². The molecular weight excluding hydrogens is 286 g/mol. The van der Waals surface area contributed by atoms with Crippen LogP contribution in [0.4, 0.5) is 0 Å². The van der Waals surface area contributed by atoms with Crippen LogP contribution < -0.4 is 0 Å². The Labute approximate surface area is 127 Å². The lowest BCUT2D eigenvalue weighted by Crippen LogP contribution is -2.35. The number of carbonyl (C=O) groups is 3. The van der Waals surface area contributed by atoms with Gasteiger partial charge < -0.3 is 9.84 Å². The summed E-state index contributed by atoms with van der Waals surface area (Å²) in [7, 11) is 1.18. The second-order valence-electron chi connectivity index (χ2n) is 4.87. The molecule has 1 aliphatic heterocycles. The monoisotopic (exact) mass is 301 g/mol. The van der Waals surface area contributed by atoms with E-state index >= 15 is 0 Å². The van der Waals surface area contributed by atoms with Crippen LogP contribution in [0.25, 0.3) is 0 Å². The molecule has 0 aromatic heterocycles. The van der Waals surface area contributed by atoms with Gasteiger partial charge in [-0.1, -0.05) is 30.3 Å². The first-order valence-corrected chi connectivity index (χ1v) is 6.61. The van der Waals surface area contributed by atoms with Gasteiger partial charge in [0.2, 0.25) is 0 Å². The number of rotatable bonds is 4. The molecule has 2 rings (SSSR count). The van der Waals surface area contributed by atoms with Crippen LogP contribution in [0.15, 0.2) is 46.6 Å². The van der Waals surface area contributed by atoms with Crippen molar-refractivity contribution in [2.24, 2.45) is 10.9 Å². The molecule has 22 heavy (non-hydrogen) atoms. The molecule has 0 saturated heterocycles. The summed E-state index contributed by atoms with van der Waals surface area (Å²) in [6, 6.07) is 8.69. The maximum Gasteiger partial charge on any atom is 0.336 e. The number of aliphatic imine (C=N–C) groups is 1. The molecule has 0 radical (unpaired) electrons. The number of aldehydes is 1. The maximum absolute atomic E-state index is 12.1. The third-order valence-electron chi connectivity index (χ3n) is 3.61. The number of benzene rings is 1. The van der Waals surface area contributed by atoms with Gasteiger partial charge in [0.1, 0.15) is 11.6 Å². The molecule has 0 amide bonds. The van der Waals surface area contributed by atoms with E-state index in [0.29, 0.717) is 11.8 Å². The van der Waals surface area contributed by atoms with Gasteiger partial charge in [-0.25, -0.2) is 4.79 Å². The van der Waals surface area contributed by atoms with Gasteiger partial charge in [-0.2, -0.15) is 0 Å². The number of aliphatic carboxylic acids is 1. The lowest BCUT2D eigenvalue weighted by Gasteiger charge is -2.29. The lowest BCUT2D eigenvalue weighted by atomic mass is 9.75. The molecule has 0 bridgehead atoms. The Balaban J connectivity index is 2.71. The number of methoxy groups -OCH3 is 1. The number of carboxylic acids is 1. The van der Waals surface area contributed by atoms with Gasteiger partial charge in [0.05, 0.1) is 12.7 Å². The number of allylic oxidation sites excluding steroid dienone is 1. The quantitative estimate of drug-likeness (QED) is 0.673. The maximum atomic E-state index is 12.1. The van der Waals surface area contributed by atoms with Gasteiger partial charge in [0.15, 0.2) is 6.29 Å². The van der Waals surface area contributed by atoms with Gasteiger partial charge in [0, 0.05) is 11.6 Å². The van der Waals surface area contributed by atoms with Crippen LogP contribution in [0.3, 0.4) is 0 Å². The summed E-state index contributed by atoms with van der Waals surface area (Å²) in [6.07, 6.45) is 0.448. The average Bonchev–Trinajstić information content (AvgIpc) is 2.53. The fourth-order valence-electron chi connectivity index (χ4n) is 2.66. The van der Waals surface area contributed by atoms with Crippen molar-refractivity contribution in [1.82, 2.24) is 0 Å². The Morgan fingerprint density at radius 3 is 2.41 bits per heavy atom. The summed E-state index contributed by atoms with van der Waals surface area (Å²) in [5.74, 6) is -3.70. The molecule has 0 saturated carbocycles. The standard InChI is InChI=1S/C16H15NO5/c1-9-12(15(19)20)13(10-6-4-3-5-7-10)14(16(21)22-2)11(8-18)17-9/h3-8,12-13H,1-2H3,(H,19,20). The molecule has 1 aliphatic rings. The molecule has 114 valence electrons. The number of nitrogens with zero attached hydrogens (tertiary/aromatic N) is 1. The highest BCUT2D eigenvalue weighted by Crippen LogP contribution is 2.39. The van der Waals surface area contributed by atoms with Gasteiger partial charge >= 0.3 is 11.9 Å². The number of carboxylic acid groups (broad SMARTS) is 1. The van der Waals surface area contributed by atoms with Crippen molar-refractivity contribution in [3.05, 3.63) is 47.2 Å². The first-order valence-electron chi connectivity index (χ1n) is 6.61. The summed E-state index contributed by atoms with van der Waals surface area (Å²) >= 11 is 0. The molecule has 1 N–H and O–H groups in total. The predicted molar refractivity (Wildman–Crippen MR) is 78.5 cm³/mol. The topological polar surface area (TPSA) is 93.0 Å². The molecule has 1 aromatic carbocycles. The largest absolute Gasteiger partial charge is 0.481 e. The Kier molecular flexibility index (Phi) is 4.50. The van der Waals surface area contributed by atoms with Gasteiger partial charge in [-0.15, -0.1) is 0 Å². The normalized spacial score (nSPS) is 21.1. The van der Waals surface area contributed by atoms with Crippen molar-refractivity contribution < 1.29 is 24.2 Å². The summed E-state index contributed by atoms with van der Waals surface area (Å²) in [5.41, 5.74) is 0.775. The SMILES string of the molecule is COC(=O)C1=C(C=O)N=C(C)C(C(=O)O)C1c1ccccc1. The fraction of sp³-hybridized carbons (Fsp3) is 0.250. The van der Waals surface area contributed by atoms with E-state index in [-0.39, 0.29) is 17.0 Å². The van der Waals surface area contributed by atoms with Crippen molar-refractivity contribution in [2.75, 3.05) is 7.11 Å². The average molecular weight is 301 g/mol. The Morgan fingerprint density at radius 2 is 1.91 bits per heavy atom. The second-order valence-corrected chi connectivity index (χ2v) is 4.87. The Morgan fingerprint density at radius 1 is 1.27 bits per heavy atom. The number of ether oxygens (including phenoxy) is 1. The van der Waals surface area contributed by atoms with E-state index < -0.39 is 23.8 Å². The summed E-state index contributed by atoms with van der Waals surface area (Å²) in [6.45, 7) is 1.53. The molecule has 0 spiro atoms. The van der Waals surface area contributed by atoms with Crippen LogP contribution in [0.5, 0.6) is 0 Å². The molecule has 6 nitrogen and oxygen atoms in total. The van der Waals surface area contributed by atoms with E-state index in [1.807, 2.05) is 0 Å². The van der Waals surface area contributed by atoms with Crippen LogP contribution in [0.2, 0.25) is 0 Å². The zero-order valence-electron chi connectivity index (χ0n) is 12.1. The molecule has 2 unspecified atom stereocenters. The lowest BCUT2D eigenvalue weighted by molar-refractivity contribution is -0.140. The van der Waals surface area contributed by atoms with Crippen molar-refractivity contribution >= 4 is 23.9 Å². The highest BCUT2D eigenvalue weighted by Gasteiger charge is 2.42. The van der Waals surface area contributed by atoms with E-state index in [9.17, 15) is 19.5 Å². The third-order valence-corrected chi connectivity index (χ3v) is 3.61. The number of hydrogen-bond acceptors (Lipinski definition) is 5. The molecule has 0 fully saturated rings. The van der Waals surface area contributed by atoms with Crippen LogP contribution in [0, 0.1) is 5.92 Å². The zero-order valence-corrected chi connectivity index (χ0v) is 12.1. The van der Waals surface area contributed by atoms with Crippen LogP contribution >= 0.6 is 0 Å². The van der Waals surface area contributed by atoms with Crippen molar-refractivity contribution in [3.8, 4) is 0 Å². The smallest absolute Gasteiger partial charge is 0.336 e. The zero-order chi connectivity index (χ0) is 16.3. The minimum atomic E-state index is -1.11. The molecule has 0 aliphatic carbocycles. The number of esters is 1. The summed E-state index contributed by atoms with van der Waals surface area (Å²) < 4.78 is 4.72. The fourth-order valence-corrected chi connectivity index (χ4v) is 2.66.